The number of fused-ring (bicyclic) bond motifs is 2. The van der Waals surface area contributed by atoms with E-state index in [1.54, 1.807) is 37.0 Å². The largest absolute Gasteiger partial charge is 0.344 e. The Hall–Kier alpha value is -2.97. The van der Waals surface area contributed by atoms with E-state index in [1.165, 1.54) is 0 Å². The maximum atomic E-state index is 12.5. The summed E-state index contributed by atoms with van der Waals surface area (Å²) in [5.41, 5.74) is 8.51. The summed E-state index contributed by atoms with van der Waals surface area (Å²) in [6, 6.07) is 5.55. The summed E-state index contributed by atoms with van der Waals surface area (Å²) in [7, 11) is 1.84. The van der Waals surface area contributed by atoms with E-state index in [4.69, 9.17) is 17.3 Å². The second-order valence-corrected chi connectivity index (χ2v) is 7.40. The van der Waals surface area contributed by atoms with E-state index in [0.29, 0.717) is 33.1 Å². The van der Waals surface area contributed by atoms with Crippen LogP contribution in [0.2, 0.25) is 5.02 Å². The number of carbonyl (C=O) groups excluding carboxylic acids is 1. The van der Waals surface area contributed by atoms with E-state index in [1.807, 2.05) is 19.2 Å². The molecule has 0 aliphatic carbocycles. The Morgan fingerprint density at radius 3 is 2.89 bits per heavy atom. The molecule has 0 saturated heterocycles. The number of halogens is 1. The van der Waals surface area contributed by atoms with E-state index in [2.05, 4.69) is 25.4 Å². The summed E-state index contributed by atoms with van der Waals surface area (Å²) in [6.07, 6.45) is 3.20. The number of nitrogens with zero attached hydrogens (tertiary/aromatic N) is 4. The summed E-state index contributed by atoms with van der Waals surface area (Å²) < 4.78 is 1.74. The topological polar surface area (TPSA) is 115 Å². The van der Waals surface area contributed by atoms with Crippen molar-refractivity contribution in [2.45, 2.75) is 19.5 Å². The molecule has 4 rings (SSSR count). The van der Waals surface area contributed by atoms with Gasteiger partial charge < -0.3 is 16.0 Å². The molecule has 4 N–H and O–H groups in total. The van der Waals surface area contributed by atoms with Gasteiger partial charge in [0.25, 0.3) is 5.91 Å². The summed E-state index contributed by atoms with van der Waals surface area (Å²) >= 11 is 6.09. The Bertz CT molecular complexity index is 1190. The maximum Gasteiger partial charge on any atom is 0.256 e. The van der Waals surface area contributed by atoms with Gasteiger partial charge in [-0.15, -0.1) is 0 Å². The number of hydrogen-bond acceptors (Lipinski definition) is 5. The van der Waals surface area contributed by atoms with Crippen molar-refractivity contribution in [1.29, 1.82) is 0 Å². The molecule has 0 saturated carbocycles. The van der Waals surface area contributed by atoms with Gasteiger partial charge in [0, 0.05) is 23.7 Å². The molecule has 0 bridgehead atoms. The number of hydrogen-bond donors (Lipinski definition) is 3. The third kappa shape index (κ3) is 3.13. The van der Waals surface area contributed by atoms with E-state index in [-0.39, 0.29) is 5.91 Å². The highest BCUT2D eigenvalue weighted by molar-refractivity contribution is 6.31. The van der Waals surface area contributed by atoms with Crippen molar-refractivity contribution in [2.24, 2.45) is 12.8 Å². The third-order valence-electron chi connectivity index (χ3n) is 4.12. The third-order valence-corrected chi connectivity index (χ3v) is 4.35. The molecule has 27 heavy (non-hydrogen) atoms. The zero-order valence-electron chi connectivity index (χ0n) is 15.0. The minimum atomic E-state index is -0.845. The van der Waals surface area contributed by atoms with Gasteiger partial charge in [-0.25, -0.2) is 9.97 Å². The lowest BCUT2D eigenvalue weighted by atomic mass is 10.1. The van der Waals surface area contributed by atoms with Crippen LogP contribution >= 0.6 is 11.6 Å². The van der Waals surface area contributed by atoms with Gasteiger partial charge in [0.2, 0.25) is 0 Å². The smallest absolute Gasteiger partial charge is 0.256 e. The van der Waals surface area contributed by atoms with Gasteiger partial charge in [0.1, 0.15) is 16.9 Å². The molecule has 0 spiro atoms. The van der Waals surface area contributed by atoms with Gasteiger partial charge in [0.15, 0.2) is 5.65 Å². The van der Waals surface area contributed by atoms with Crippen LogP contribution in [0.5, 0.6) is 0 Å². The van der Waals surface area contributed by atoms with Gasteiger partial charge in [-0.1, -0.05) is 11.6 Å². The number of aryl methyl sites for hydroxylation is 1. The zero-order valence-corrected chi connectivity index (χ0v) is 15.8. The fourth-order valence-electron chi connectivity index (χ4n) is 2.96. The van der Waals surface area contributed by atoms with Gasteiger partial charge in [-0.3, -0.25) is 9.48 Å². The molecule has 1 amide bonds. The molecule has 0 unspecified atom stereocenters. The molecule has 0 aliphatic heterocycles. The molecule has 138 valence electrons. The van der Waals surface area contributed by atoms with E-state index in [9.17, 15) is 4.79 Å². The van der Waals surface area contributed by atoms with E-state index < -0.39 is 5.66 Å². The molecule has 0 aliphatic rings. The first-order chi connectivity index (χ1) is 12.7. The van der Waals surface area contributed by atoms with E-state index in [0.717, 1.165) is 10.9 Å². The Morgan fingerprint density at radius 1 is 1.37 bits per heavy atom. The highest BCUT2D eigenvalue weighted by Gasteiger charge is 2.21. The van der Waals surface area contributed by atoms with E-state index >= 15 is 0 Å². The quantitative estimate of drug-likeness (QED) is 0.470. The van der Waals surface area contributed by atoms with Crippen molar-refractivity contribution < 1.29 is 4.79 Å². The lowest BCUT2D eigenvalue weighted by molar-refractivity contribution is 0.0917. The maximum absolute atomic E-state index is 12.5. The van der Waals surface area contributed by atoms with Crippen molar-refractivity contribution in [1.82, 2.24) is 30.0 Å². The minimum Gasteiger partial charge on any atom is -0.344 e. The molecule has 3 aromatic heterocycles. The highest BCUT2D eigenvalue weighted by atomic mass is 35.5. The number of amides is 1. The molecule has 9 heteroatoms. The molecular formula is C18H18ClN7O. The second-order valence-electron chi connectivity index (χ2n) is 6.96. The van der Waals surface area contributed by atoms with Crippen LogP contribution in [0, 0.1) is 0 Å². The number of benzene rings is 1. The molecule has 0 radical (unpaired) electrons. The average Bonchev–Trinajstić information content (AvgIpc) is 3.14. The zero-order chi connectivity index (χ0) is 19.3. The standard InChI is InChI=1S/C18H18ClN7O/c1-18(2,20)24-17(27)11-7-21-16-15(11)23-12(8-22-16)14-10-5-4-9(19)6-13(10)26(3)25-14/h4-8H,20H2,1-3H3,(H,21,22)(H,24,27). The molecule has 8 nitrogen and oxygen atoms in total. The van der Waals surface area contributed by atoms with Crippen LogP contribution in [0.15, 0.2) is 30.6 Å². The summed E-state index contributed by atoms with van der Waals surface area (Å²) in [4.78, 5) is 24.5. The number of nitrogens with one attached hydrogen (secondary N) is 2. The van der Waals surface area contributed by atoms with Crippen LogP contribution in [0.25, 0.3) is 33.5 Å². The predicted molar refractivity (Wildman–Crippen MR) is 104 cm³/mol. The molecule has 4 aromatic rings. The highest BCUT2D eigenvalue weighted by Crippen LogP contribution is 2.29. The Morgan fingerprint density at radius 2 is 2.15 bits per heavy atom. The van der Waals surface area contributed by atoms with Gasteiger partial charge >= 0.3 is 0 Å². The Kier molecular flexibility index (Phi) is 3.90. The fourth-order valence-corrected chi connectivity index (χ4v) is 3.12. The van der Waals surface area contributed by atoms with Gasteiger partial charge in [0.05, 0.1) is 22.9 Å². The predicted octanol–water partition coefficient (Wildman–Crippen LogP) is 2.59. The number of aromatic amines is 1. The van der Waals surface area contributed by atoms with Crippen LogP contribution in [-0.4, -0.2) is 36.3 Å². The number of nitrogens with two attached hydrogens (primary N) is 1. The van der Waals surface area contributed by atoms with Crippen LogP contribution in [0.1, 0.15) is 24.2 Å². The Balaban J connectivity index is 1.85. The minimum absolute atomic E-state index is 0.321. The Labute approximate surface area is 159 Å². The monoisotopic (exact) mass is 383 g/mol. The van der Waals surface area contributed by atoms with Crippen molar-refractivity contribution in [2.75, 3.05) is 0 Å². The fraction of sp³-hybridized carbons (Fsp3) is 0.222. The lowest BCUT2D eigenvalue weighted by Gasteiger charge is -2.19. The number of aromatic nitrogens is 5. The van der Waals surface area contributed by atoms with Crippen LogP contribution in [0.3, 0.4) is 0 Å². The first kappa shape index (κ1) is 17.4. The van der Waals surface area contributed by atoms with Crippen molar-refractivity contribution in [3.05, 3.63) is 41.2 Å². The normalized spacial score (nSPS) is 12.0. The van der Waals surface area contributed by atoms with Crippen molar-refractivity contribution >= 4 is 39.6 Å². The van der Waals surface area contributed by atoms with Crippen LogP contribution in [0.4, 0.5) is 0 Å². The summed E-state index contributed by atoms with van der Waals surface area (Å²) in [5, 5.41) is 8.82. The summed E-state index contributed by atoms with van der Waals surface area (Å²) in [5.74, 6) is -0.321. The van der Waals surface area contributed by atoms with Crippen molar-refractivity contribution in [3.8, 4) is 11.4 Å². The molecular weight excluding hydrogens is 366 g/mol. The first-order valence-electron chi connectivity index (χ1n) is 8.31. The van der Waals surface area contributed by atoms with Gasteiger partial charge in [-0.05, 0) is 32.0 Å². The van der Waals surface area contributed by atoms with Crippen molar-refractivity contribution in [3.63, 3.8) is 0 Å². The molecule has 1 aromatic carbocycles. The molecule has 0 fully saturated rings. The lowest BCUT2D eigenvalue weighted by Crippen LogP contribution is -2.50. The first-order valence-corrected chi connectivity index (χ1v) is 8.69. The average molecular weight is 384 g/mol. The number of H-pyrrole nitrogens is 1. The van der Waals surface area contributed by atoms with Crippen LogP contribution < -0.4 is 11.1 Å². The van der Waals surface area contributed by atoms with Crippen LogP contribution in [-0.2, 0) is 7.05 Å². The SMILES string of the molecule is Cn1nc(-c2cnc3[nH]cc(C(=O)NC(C)(C)N)c3n2)c2ccc(Cl)cc21. The summed E-state index contributed by atoms with van der Waals surface area (Å²) in [6.45, 7) is 3.42. The molecule has 3 heterocycles. The van der Waals surface area contributed by atoms with Gasteiger partial charge in [-0.2, -0.15) is 5.10 Å². The second kappa shape index (κ2) is 6.04. The molecule has 0 atom stereocenters. The number of carbonyl (C=O) groups is 1. The number of rotatable bonds is 3.